The van der Waals surface area contributed by atoms with E-state index in [9.17, 15) is 4.57 Å². The summed E-state index contributed by atoms with van der Waals surface area (Å²) >= 11 is 1.44. The van der Waals surface area contributed by atoms with E-state index in [2.05, 4.69) is 23.6 Å². The molecule has 0 aliphatic heterocycles. The van der Waals surface area contributed by atoms with E-state index in [0.29, 0.717) is 6.54 Å². The molecule has 1 N–H and O–H groups in total. The van der Waals surface area contributed by atoms with Crippen molar-refractivity contribution in [3.63, 3.8) is 0 Å². The molecule has 1 atom stereocenters. The van der Waals surface area contributed by atoms with Gasteiger partial charge in [0.1, 0.15) is 0 Å². The van der Waals surface area contributed by atoms with Crippen molar-refractivity contribution in [3.8, 4) is 0 Å². The summed E-state index contributed by atoms with van der Waals surface area (Å²) < 4.78 is 14.6. The molecule has 0 spiro atoms. The van der Waals surface area contributed by atoms with Gasteiger partial charge >= 0.3 is 0 Å². The van der Waals surface area contributed by atoms with E-state index in [0.717, 1.165) is 17.9 Å². The summed E-state index contributed by atoms with van der Waals surface area (Å²) in [4.78, 5) is 4.37. The Hall–Kier alpha value is -1.03. The van der Waals surface area contributed by atoms with Crippen LogP contribution in [0.15, 0.2) is 48.0 Å². The Morgan fingerprint density at radius 2 is 2.15 bits per heavy atom. The number of nitrogens with one attached hydrogen (secondary N) is 1. The second-order valence-electron chi connectivity index (χ2n) is 4.07. The van der Waals surface area contributed by atoms with Gasteiger partial charge in [0, 0.05) is 12.3 Å². The fraction of sp³-hybridized carbons (Fsp3) is 0.357. The van der Waals surface area contributed by atoms with Crippen molar-refractivity contribution < 1.29 is 4.57 Å². The zero-order chi connectivity index (χ0) is 14.8. The van der Waals surface area contributed by atoms with Crippen LogP contribution in [-0.4, -0.2) is 30.4 Å². The highest BCUT2D eigenvalue weighted by molar-refractivity contribution is 8.56. The number of para-hydroxylation sites is 1. The number of nitrogens with zero attached hydrogens (tertiary/aromatic N) is 2. The lowest BCUT2D eigenvalue weighted by Crippen LogP contribution is -2.23. The Kier molecular flexibility index (Phi) is 7.67. The van der Waals surface area contributed by atoms with Crippen LogP contribution in [0.4, 0.5) is 5.69 Å². The van der Waals surface area contributed by atoms with E-state index in [4.69, 9.17) is 0 Å². The van der Waals surface area contributed by atoms with E-state index >= 15 is 0 Å². The van der Waals surface area contributed by atoms with E-state index in [1.807, 2.05) is 30.3 Å². The van der Waals surface area contributed by atoms with Crippen LogP contribution in [0.5, 0.6) is 0 Å². The highest BCUT2D eigenvalue weighted by Gasteiger charge is 2.26. The van der Waals surface area contributed by atoms with Crippen LogP contribution in [0.1, 0.15) is 13.3 Å². The number of rotatable bonds is 9. The first-order chi connectivity index (χ1) is 9.66. The number of benzene rings is 1. The maximum Gasteiger partial charge on any atom is 0.293 e. The monoisotopic (exact) mass is 311 g/mol. The van der Waals surface area contributed by atoms with Gasteiger partial charge in [0.15, 0.2) is 0 Å². The van der Waals surface area contributed by atoms with Gasteiger partial charge in [0.25, 0.3) is 6.65 Å². The minimum Gasteiger partial charge on any atom is -0.290 e. The summed E-state index contributed by atoms with van der Waals surface area (Å²) in [6, 6.07) is 9.61. The molecule has 0 aromatic heterocycles. The number of aliphatic imine (C=N–C) groups is 1. The van der Waals surface area contributed by atoms with Crippen LogP contribution in [0.3, 0.4) is 0 Å². The Labute approximate surface area is 125 Å². The van der Waals surface area contributed by atoms with E-state index in [-0.39, 0.29) is 0 Å². The fourth-order valence-corrected chi connectivity index (χ4v) is 5.42. The highest BCUT2D eigenvalue weighted by atomic mass is 32.7. The second-order valence-corrected chi connectivity index (χ2v) is 9.00. The summed E-state index contributed by atoms with van der Waals surface area (Å²) in [5.41, 5.74) is 0.838. The van der Waals surface area contributed by atoms with E-state index in [1.165, 1.54) is 11.4 Å². The van der Waals surface area contributed by atoms with Crippen LogP contribution in [0, 0.1) is 0 Å². The van der Waals surface area contributed by atoms with E-state index < -0.39 is 6.65 Å². The van der Waals surface area contributed by atoms with Crippen molar-refractivity contribution in [1.82, 2.24) is 9.76 Å². The van der Waals surface area contributed by atoms with E-state index in [1.54, 1.807) is 24.1 Å². The molecule has 1 aromatic rings. The molecule has 0 saturated heterocycles. The quantitative estimate of drug-likeness (QED) is 0.319. The maximum atomic E-state index is 12.9. The average Bonchev–Trinajstić information content (AvgIpc) is 2.50. The van der Waals surface area contributed by atoms with Gasteiger partial charge < -0.3 is 0 Å². The lowest BCUT2D eigenvalue weighted by Gasteiger charge is -2.27. The number of hydrogen-bond donors (Lipinski definition) is 1. The third-order valence-corrected chi connectivity index (χ3v) is 7.73. The Balaban J connectivity index is 2.89. The van der Waals surface area contributed by atoms with Gasteiger partial charge in [-0.3, -0.25) is 9.24 Å². The predicted molar refractivity (Wildman–Crippen MR) is 90.9 cm³/mol. The summed E-state index contributed by atoms with van der Waals surface area (Å²) in [7, 11) is 1.72. The van der Waals surface area contributed by atoms with Crippen molar-refractivity contribution in [2.45, 2.75) is 13.3 Å². The van der Waals surface area contributed by atoms with Crippen LogP contribution >= 0.6 is 18.0 Å². The predicted octanol–water partition coefficient (Wildman–Crippen LogP) is 4.31. The lowest BCUT2D eigenvalue weighted by atomic mass is 10.3. The first-order valence-corrected chi connectivity index (χ1v) is 9.82. The topological polar surface area (TPSA) is 44.7 Å². The SMILES string of the molecule is C=CCN(C=Nc1ccccc1)P(=O)(NC)SCCC. The first-order valence-electron chi connectivity index (χ1n) is 6.57. The molecule has 1 rings (SSSR count). The Morgan fingerprint density at radius 1 is 1.45 bits per heavy atom. The van der Waals surface area contributed by atoms with Gasteiger partial charge in [-0.2, -0.15) is 0 Å². The van der Waals surface area contributed by atoms with Crippen LogP contribution in [0.25, 0.3) is 0 Å². The van der Waals surface area contributed by atoms with Crippen LogP contribution in [-0.2, 0) is 4.57 Å². The molecule has 1 unspecified atom stereocenters. The molecule has 0 aliphatic carbocycles. The van der Waals surface area contributed by atoms with Crippen LogP contribution < -0.4 is 5.09 Å². The molecule has 20 heavy (non-hydrogen) atoms. The molecule has 6 heteroatoms. The molecule has 4 nitrogen and oxygen atoms in total. The molecule has 110 valence electrons. The molecule has 0 radical (unpaired) electrons. The normalized spacial score (nSPS) is 14.1. The molecule has 0 saturated carbocycles. The Morgan fingerprint density at radius 3 is 2.70 bits per heavy atom. The smallest absolute Gasteiger partial charge is 0.290 e. The first kappa shape index (κ1) is 17.0. The molecule has 0 amide bonds. The molecule has 1 aromatic carbocycles. The summed E-state index contributed by atoms with van der Waals surface area (Å²) in [5.74, 6) is 0.838. The molecular formula is C14H22N3OPS. The van der Waals surface area contributed by atoms with Crippen molar-refractivity contribution in [3.05, 3.63) is 43.0 Å². The lowest BCUT2D eigenvalue weighted by molar-refractivity contribution is 0.542. The summed E-state index contributed by atoms with van der Waals surface area (Å²) in [6.45, 7) is 3.58. The average molecular weight is 311 g/mol. The van der Waals surface area contributed by atoms with Crippen LogP contribution in [0.2, 0.25) is 0 Å². The molecule has 0 aliphatic rings. The standard InChI is InChI=1S/C14H22N3OPS/c1-4-11-17(19(18,15-3)20-12-5-2)13-16-14-9-7-6-8-10-14/h4,6-10,13H,1,5,11-12H2,2-3H3,(H,15,18). The zero-order valence-electron chi connectivity index (χ0n) is 12.0. The highest BCUT2D eigenvalue weighted by Crippen LogP contribution is 2.56. The maximum absolute atomic E-state index is 12.9. The second kappa shape index (κ2) is 9.01. The zero-order valence-corrected chi connectivity index (χ0v) is 13.7. The summed E-state index contributed by atoms with van der Waals surface area (Å²) in [5, 5.41) is 2.94. The molecule has 0 bridgehead atoms. The third-order valence-electron chi connectivity index (χ3n) is 2.50. The summed E-state index contributed by atoms with van der Waals surface area (Å²) in [6.07, 6.45) is 4.35. The third kappa shape index (κ3) is 5.16. The van der Waals surface area contributed by atoms with Gasteiger partial charge in [-0.15, -0.1) is 6.58 Å². The van der Waals surface area contributed by atoms with Gasteiger partial charge in [0.05, 0.1) is 12.0 Å². The molecule has 0 fully saturated rings. The van der Waals surface area contributed by atoms with Crippen molar-refractivity contribution in [1.29, 1.82) is 0 Å². The van der Waals surface area contributed by atoms with Gasteiger partial charge in [-0.25, -0.2) is 10.1 Å². The number of hydrogen-bond acceptors (Lipinski definition) is 3. The minimum absolute atomic E-state index is 0.491. The van der Waals surface area contributed by atoms with Crippen molar-refractivity contribution >= 4 is 30.1 Å². The minimum atomic E-state index is -2.70. The largest absolute Gasteiger partial charge is 0.293 e. The molecule has 0 heterocycles. The molecular weight excluding hydrogens is 289 g/mol. The van der Waals surface area contributed by atoms with Gasteiger partial charge in [-0.1, -0.05) is 42.6 Å². The van der Waals surface area contributed by atoms with Gasteiger partial charge in [0.2, 0.25) is 0 Å². The van der Waals surface area contributed by atoms with Crippen molar-refractivity contribution in [2.75, 3.05) is 19.3 Å². The fourth-order valence-electron chi connectivity index (χ4n) is 1.48. The van der Waals surface area contributed by atoms with Gasteiger partial charge in [-0.05, 0) is 25.6 Å². The Bertz CT molecular complexity index is 479. The van der Waals surface area contributed by atoms with Crippen molar-refractivity contribution in [2.24, 2.45) is 4.99 Å².